The summed E-state index contributed by atoms with van der Waals surface area (Å²) in [4.78, 5) is 11.0. The molecule has 3 nitrogen and oxygen atoms in total. The van der Waals surface area contributed by atoms with Crippen molar-refractivity contribution in [1.29, 1.82) is 5.26 Å². The molecule has 13 heavy (non-hydrogen) atoms. The zero-order valence-corrected chi connectivity index (χ0v) is 7.37. The Balaban J connectivity index is 2.80. The van der Waals surface area contributed by atoms with Crippen molar-refractivity contribution in [3.63, 3.8) is 0 Å². The maximum absolute atomic E-state index is 11.0. The fraction of sp³-hybridized carbons (Fsp3) is 0.200. The van der Waals surface area contributed by atoms with Gasteiger partial charge in [-0.05, 0) is 19.1 Å². The molecule has 66 valence electrons. The monoisotopic (exact) mass is 174 g/mol. The van der Waals surface area contributed by atoms with Gasteiger partial charge in [-0.15, -0.1) is 0 Å². The van der Waals surface area contributed by atoms with Crippen LogP contribution in [0.4, 0.5) is 5.69 Å². The van der Waals surface area contributed by atoms with Gasteiger partial charge in [-0.1, -0.05) is 12.1 Å². The zero-order valence-electron chi connectivity index (χ0n) is 7.37. The van der Waals surface area contributed by atoms with Crippen LogP contribution in [0.5, 0.6) is 0 Å². The summed E-state index contributed by atoms with van der Waals surface area (Å²) in [6, 6.07) is 9.07. The fourth-order valence-electron chi connectivity index (χ4n) is 0.990. The van der Waals surface area contributed by atoms with E-state index in [1.807, 2.05) is 12.1 Å². The molecule has 0 aliphatic rings. The van der Waals surface area contributed by atoms with E-state index in [-0.39, 0.29) is 12.3 Å². The summed E-state index contributed by atoms with van der Waals surface area (Å²) < 4.78 is 0. The van der Waals surface area contributed by atoms with Crippen molar-refractivity contribution >= 4 is 11.5 Å². The molecule has 1 N–H and O–H groups in total. The Labute approximate surface area is 77.0 Å². The number of benzene rings is 1. The Kier molecular flexibility index (Phi) is 3.04. The fourth-order valence-corrected chi connectivity index (χ4v) is 0.990. The molecule has 0 bridgehead atoms. The number of carbonyl (C=O) groups is 1. The highest BCUT2D eigenvalue weighted by Gasteiger charge is 1.98. The van der Waals surface area contributed by atoms with Crippen LogP contribution in [-0.4, -0.2) is 12.3 Å². The lowest BCUT2D eigenvalue weighted by atomic mass is 10.1. The number of nitriles is 1. The summed E-state index contributed by atoms with van der Waals surface area (Å²) in [6.07, 6.45) is 0. The van der Waals surface area contributed by atoms with Crippen molar-refractivity contribution in [3.8, 4) is 6.07 Å². The maximum atomic E-state index is 11.0. The predicted octanol–water partition coefficient (Wildman–Crippen LogP) is 1.82. The highest BCUT2D eigenvalue weighted by atomic mass is 16.1. The largest absolute Gasteiger partial charge is 0.372 e. The van der Waals surface area contributed by atoms with E-state index >= 15 is 0 Å². The van der Waals surface area contributed by atoms with Crippen molar-refractivity contribution in [2.24, 2.45) is 0 Å². The van der Waals surface area contributed by atoms with Crippen LogP contribution in [0.2, 0.25) is 0 Å². The van der Waals surface area contributed by atoms with Gasteiger partial charge < -0.3 is 5.32 Å². The quantitative estimate of drug-likeness (QED) is 0.561. The van der Waals surface area contributed by atoms with Crippen LogP contribution in [-0.2, 0) is 0 Å². The normalized spacial score (nSPS) is 8.92. The van der Waals surface area contributed by atoms with Crippen LogP contribution in [0.1, 0.15) is 17.3 Å². The van der Waals surface area contributed by atoms with E-state index in [1.165, 1.54) is 6.92 Å². The van der Waals surface area contributed by atoms with E-state index in [4.69, 9.17) is 5.26 Å². The number of nitrogens with zero attached hydrogens (tertiary/aromatic N) is 1. The van der Waals surface area contributed by atoms with Gasteiger partial charge in [0.1, 0.15) is 6.54 Å². The SMILES string of the molecule is CC(=O)c1cccc(NCC#N)c1. The lowest BCUT2D eigenvalue weighted by Crippen LogP contribution is -2.00. The lowest BCUT2D eigenvalue weighted by molar-refractivity contribution is 0.101. The highest BCUT2D eigenvalue weighted by molar-refractivity contribution is 5.94. The molecule has 3 heteroatoms. The Hall–Kier alpha value is -1.82. The van der Waals surface area contributed by atoms with Crippen LogP contribution in [0.15, 0.2) is 24.3 Å². The van der Waals surface area contributed by atoms with Gasteiger partial charge in [0.05, 0.1) is 6.07 Å². The first-order valence-corrected chi connectivity index (χ1v) is 3.96. The van der Waals surface area contributed by atoms with Crippen molar-refractivity contribution in [3.05, 3.63) is 29.8 Å². The van der Waals surface area contributed by atoms with Gasteiger partial charge in [0.2, 0.25) is 0 Å². The zero-order chi connectivity index (χ0) is 9.68. The molecule has 0 aromatic heterocycles. The first kappa shape index (κ1) is 9.27. The summed E-state index contributed by atoms with van der Waals surface area (Å²) in [6.45, 7) is 1.77. The van der Waals surface area contributed by atoms with Crippen molar-refractivity contribution < 1.29 is 4.79 Å². The van der Waals surface area contributed by atoms with Crippen molar-refractivity contribution in [2.75, 3.05) is 11.9 Å². The molecular weight excluding hydrogens is 164 g/mol. The molecule has 0 spiro atoms. The van der Waals surface area contributed by atoms with E-state index < -0.39 is 0 Å². The number of ketones is 1. The number of nitrogens with one attached hydrogen (secondary N) is 1. The molecule has 0 aliphatic carbocycles. The smallest absolute Gasteiger partial charge is 0.159 e. The molecule has 0 fully saturated rings. The van der Waals surface area contributed by atoms with Gasteiger partial charge in [0.15, 0.2) is 5.78 Å². The maximum Gasteiger partial charge on any atom is 0.159 e. The molecule has 0 saturated heterocycles. The average Bonchev–Trinajstić information content (AvgIpc) is 2.15. The van der Waals surface area contributed by atoms with Gasteiger partial charge >= 0.3 is 0 Å². The van der Waals surface area contributed by atoms with Gasteiger partial charge in [-0.2, -0.15) is 5.26 Å². The number of rotatable bonds is 3. The standard InChI is InChI=1S/C10H10N2O/c1-8(13)9-3-2-4-10(7-9)12-6-5-11/h2-4,7,12H,6H2,1H3. The number of carbonyl (C=O) groups excluding carboxylic acids is 1. The summed E-state index contributed by atoms with van der Waals surface area (Å²) in [7, 11) is 0. The van der Waals surface area contributed by atoms with E-state index in [2.05, 4.69) is 5.32 Å². The summed E-state index contributed by atoms with van der Waals surface area (Å²) in [5.74, 6) is 0.0283. The Morgan fingerprint density at radius 3 is 3.00 bits per heavy atom. The Morgan fingerprint density at radius 2 is 2.38 bits per heavy atom. The molecule has 0 aliphatic heterocycles. The minimum atomic E-state index is 0.0283. The summed E-state index contributed by atoms with van der Waals surface area (Å²) in [5, 5.41) is 11.2. The molecular formula is C10H10N2O. The van der Waals surface area contributed by atoms with Gasteiger partial charge in [0.25, 0.3) is 0 Å². The molecule has 0 saturated carbocycles. The number of anilines is 1. The van der Waals surface area contributed by atoms with Crippen LogP contribution in [0.25, 0.3) is 0 Å². The third kappa shape index (κ3) is 2.60. The molecule has 1 aromatic rings. The molecule has 0 radical (unpaired) electrons. The van der Waals surface area contributed by atoms with E-state index in [1.54, 1.807) is 18.2 Å². The van der Waals surface area contributed by atoms with E-state index in [0.717, 1.165) is 5.69 Å². The Morgan fingerprint density at radius 1 is 1.62 bits per heavy atom. The molecule has 0 unspecified atom stereocenters. The third-order valence-electron chi connectivity index (χ3n) is 1.64. The highest BCUT2D eigenvalue weighted by Crippen LogP contribution is 2.10. The first-order chi connectivity index (χ1) is 6.24. The van der Waals surface area contributed by atoms with Gasteiger partial charge in [0, 0.05) is 11.3 Å². The average molecular weight is 174 g/mol. The van der Waals surface area contributed by atoms with Crippen LogP contribution in [0, 0.1) is 11.3 Å². The van der Waals surface area contributed by atoms with Gasteiger partial charge in [-0.3, -0.25) is 4.79 Å². The second kappa shape index (κ2) is 4.27. The van der Waals surface area contributed by atoms with Crippen LogP contribution >= 0.6 is 0 Å². The van der Waals surface area contributed by atoms with Crippen LogP contribution in [0.3, 0.4) is 0 Å². The summed E-state index contributed by atoms with van der Waals surface area (Å²) in [5.41, 5.74) is 1.46. The number of Topliss-reactive ketones (excluding diaryl/α,β-unsaturated/α-hetero) is 1. The second-order valence-corrected chi connectivity index (χ2v) is 2.65. The molecule has 0 atom stereocenters. The Bertz CT molecular complexity index is 352. The number of hydrogen-bond acceptors (Lipinski definition) is 3. The summed E-state index contributed by atoms with van der Waals surface area (Å²) >= 11 is 0. The minimum Gasteiger partial charge on any atom is -0.372 e. The molecule has 0 amide bonds. The van der Waals surface area contributed by atoms with Crippen LogP contribution < -0.4 is 5.32 Å². The molecule has 1 aromatic carbocycles. The van der Waals surface area contributed by atoms with Crippen molar-refractivity contribution in [1.82, 2.24) is 0 Å². The van der Waals surface area contributed by atoms with Crippen molar-refractivity contribution in [2.45, 2.75) is 6.92 Å². The number of hydrogen-bond donors (Lipinski definition) is 1. The molecule has 0 heterocycles. The lowest BCUT2D eigenvalue weighted by Gasteiger charge is -2.02. The second-order valence-electron chi connectivity index (χ2n) is 2.65. The van der Waals surface area contributed by atoms with E-state index in [0.29, 0.717) is 5.56 Å². The van der Waals surface area contributed by atoms with Gasteiger partial charge in [-0.25, -0.2) is 0 Å². The topological polar surface area (TPSA) is 52.9 Å². The predicted molar refractivity (Wildman–Crippen MR) is 50.5 cm³/mol. The molecule has 1 rings (SSSR count). The van der Waals surface area contributed by atoms with E-state index in [9.17, 15) is 4.79 Å². The first-order valence-electron chi connectivity index (χ1n) is 3.96. The minimum absolute atomic E-state index is 0.0283. The third-order valence-corrected chi connectivity index (χ3v) is 1.64.